The monoisotopic (exact) mass is 401 g/mol. The zero-order valence-corrected chi connectivity index (χ0v) is 16.3. The number of pyridine rings is 1. The minimum absolute atomic E-state index is 0.189. The highest BCUT2D eigenvalue weighted by Crippen LogP contribution is 2.24. The van der Waals surface area contributed by atoms with Gasteiger partial charge in [0.1, 0.15) is 18.1 Å². The molecule has 8 heteroatoms. The van der Waals surface area contributed by atoms with Crippen LogP contribution in [0.4, 0.5) is 10.1 Å². The maximum atomic E-state index is 13.1. The van der Waals surface area contributed by atoms with Crippen LogP contribution in [0.2, 0.25) is 0 Å². The van der Waals surface area contributed by atoms with E-state index in [1.54, 1.807) is 30.3 Å². The second-order valence-corrected chi connectivity index (χ2v) is 6.78. The molecule has 154 valence electrons. The van der Waals surface area contributed by atoms with Crippen LogP contribution >= 0.6 is 0 Å². The summed E-state index contributed by atoms with van der Waals surface area (Å²) in [6, 6.07) is 8.87. The van der Waals surface area contributed by atoms with E-state index in [-0.39, 0.29) is 17.7 Å². The van der Waals surface area contributed by atoms with Gasteiger partial charge in [0, 0.05) is 32.0 Å². The number of likely N-dealkylation sites (tertiary alicyclic amines) is 1. The average Bonchev–Trinajstić information content (AvgIpc) is 2.75. The third-order valence-corrected chi connectivity index (χ3v) is 4.73. The Hall–Kier alpha value is -3.00. The molecule has 0 aliphatic carbocycles. The van der Waals surface area contributed by atoms with Crippen LogP contribution in [0.1, 0.15) is 23.2 Å². The zero-order valence-electron chi connectivity index (χ0n) is 16.3. The van der Waals surface area contributed by atoms with Gasteiger partial charge in [-0.25, -0.2) is 9.37 Å². The number of nitrogens with zero attached hydrogens (tertiary/aromatic N) is 2. The standard InChI is InChI=1S/C21H24FN3O4/c1-28-12-13-29-20-18(5-2-10-23-20)24-19(26)16-4-3-11-25(14-16)21(27)15-6-8-17(22)9-7-15/h2,5-10,16H,3-4,11-14H2,1H3,(H,24,26). The summed E-state index contributed by atoms with van der Waals surface area (Å²) < 4.78 is 23.6. The number of halogens is 1. The van der Waals surface area contributed by atoms with Gasteiger partial charge in [-0.3, -0.25) is 9.59 Å². The number of piperidine rings is 1. The Labute approximate surface area is 168 Å². The van der Waals surface area contributed by atoms with Crippen LogP contribution in [0.25, 0.3) is 0 Å². The Bertz CT molecular complexity index is 844. The van der Waals surface area contributed by atoms with Gasteiger partial charge in [0.2, 0.25) is 11.8 Å². The van der Waals surface area contributed by atoms with Crippen molar-refractivity contribution in [2.75, 3.05) is 38.7 Å². The number of anilines is 1. The van der Waals surface area contributed by atoms with Crippen LogP contribution < -0.4 is 10.1 Å². The molecule has 2 aromatic rings. The summed E-state index contributed by atoms with van der Waals surface area (Å²) in [5.41, 5.74) is 0.893. The smallest absolute Gasteiger partial charge is 0.253 e. The minimum Gasteiger partial charge on any atom is -0.474 e. The Balaban J connectivity index is 1.63. The summed E-state index contributed by atoms with van der Waals surface area (Å²) in [4.78, 5) is 31.3. The van der Waals surface area contributed by atoms with Gasteiger partial charge in [0.15, 0.2) is 0 Å². The van der Waals surface area contributed by atoms with E-state index < -0.39 is 5.82 Å². The molecule has 0 saturated carbocycles. The van der Waals surface area contributed by atoms with E-state index >= 15 is 0 Å². The molecule has 0 spiro atoms. The molecule has 1 saturated heterocycles. The normalized spacial score (nSPS) is 16.3. The molecule has 1 unspecified atom stereocenters. The molecule has 2 amide bonds. The van der Waals surface area contributed by atoms with Crippen molar-refractivity contribution in [1.82, 2.24) is 9.88 Å². The summed E-state index contributed by atoms with van der Waals surface area (Å²) in [6.45, 7) is 1.60. The topological polar surface area (TPSA) is 80.8 Å². The fourth-order valence-electron chi connectivity index (χ4n) is 3.21. The Kier molecular flexibility index (Phi) is 7.13. The molecule has 0 radical (unpaired) electrons. The number of benzene rings is 1. The van der Waals surface area contributed by atoms with Gasteiger partial charge in [-0.05, 0) is 49.2 Å². The molecule has 1 atom stereocenters. The number of nitrogens with one attached hydrogen (secondary N) is 1. The fraction of sp³-hybridized carbons (Fsp3) is 0.381. The van der Waals surface area contributed by atoms with Crippen molar-refractivity contribution in [2.24, 2.45) is 5.92 Å². The number of aromatic nitrogens is 1. The first-order valence-electron chi connectivity index (χ1n) is 9.51. The summed E-state index contributed by atoms with van der Waals surface area (Å²) in [6.07, 6.45) is 2.98. The summed E-state index contributed by atoms with van der Waals surface area (Å²) in [5, 5.41) is 2.86. The predicted octanol–water partition coefficient (Wildman–Crippen LogP) is 2.74. The first-order valence-corrected chi connectivity index (χ1v) is 9.51. The maximum absolute atomic E-state index is 13.1. The van der Waals surface area contributed by atoms with Gasteiger partial charge in [-0.15, -0.1) is 0 Å². The van der Waals surface area contributed by atoms with E-state index in [1.165, 1.54) is 24.3 Å². The minimum atomic E-state index is -0.391. The van der Waals surface area contributed by atoms with E-state index in [0.29, 0.717) is 49.9 Å². The third kappa shape index (κ3) is 5.51. The third-order valence-electron chi connectivity index (χ3n) is 4.73. The van der Waals surface area contributed by atoms with Gasteiger partial charge in [-0.1, -0.05) is 0 Å². The SMILES string of the molecule is COCCOc1ncccc1NC(=O)C1CCCN(C(=O)c2ccc(F)cc2)C1. The van der Waals surface area contributed by atoms with E-state index in [1.807, 2.05) is 0 Å². The largest absolute Gasteiger partial charge is 0.474 e. The number of amides is 2. The molecule has 29 heavy (non-hydrogen) atoms. The zero-order chi connectivity index (χ0) is 20.6. The van der Waals surface area contributed by atoms with Crippen molar-refractivity contribution in [3.05, 3.63) is 54.0 Å². The number of hydrogen-bond acceptors (Lipinski definition) is 5. The second kappa shape index (κ2) is 9.97. The van der Waals surface area contributed by atoms with E-state index in [0.717, 1.165) is 6.42 Å². The number of carbonyl (C=O) groups excluding carboxylic acids is 2. The Morgan fingerprint density at radius 1 is 1.24 bits per heavy atom. The lowest BCUT2D eigenvalue weighted by atomic mass is 9.96. The van der Waals surface area contributed by atoms with Gasteiger partial charge >= 0.3 is 0 Å². The summed E-state index contributed by atoms with van der Waals surface area (Å²) >= 11 is 0. The van der Waals surface area contributed by atoms with Crippen LogP contribution in [-0.2, 0) is 9.53 Å². The molecule has 3 rings (SSSR count). The van der Waals surface area contributed by atoms with Crippen LogP contribution in [0.3, 0.4) is 0 Å². The molecule has 1 aliphatic heterocycles. The lowest BCUT2D eigenvalue weighted by molar-refractivity contribution is -0.121. The quantitative estimate of drug-likeness (QED) is 0.722. The molecular formula is C21H24FN3O4. The van der Waals surface area contributed by atoms with Crippen molar-refractivity contribution < 1.29 is 23.5 Å². The number of ether oxygens (including phenoxy) is 2. The highest BCUT2D eigenvalue weighted by molar-refractivity contribution is 5.96. The molecule has 1 N–H and O–H groups in total. The van der Waals surface area contributed by atoms with Gasteiger partial charge in [-0.2, -0.15) is 0 Å². The molecule has 1 aromatic carbocycles. The van der Waals surface area contributed by atoms with Crippen molar-refractivity contribution in [2.45, 2.75) is 12.8 Å². The molecule has 1 fully saturated rings. The highest BCUT2D eigenvalue weighted by Gasteiger charge is 2.29. The van der Waals surface area contributed by atoms with Gasteiger partial charge in [0.05, 0.1) is 12.5 Å². The number of hydrogen-bond donors (Lipinski definition) is 1. The van der Waals surface area contributed by atoms with E-state index in [9.17, 15) is 14.0 Å². The second-order valence-electron chi connectivity index (χ2n) is 6.78. The molecule has 2 heterocycles. The van der Waals surface area contributed by atoms with Crippen molar-refractivity contribution in [3.63, 3.8) is 0 Å². The molecule has 7 nitrogen and oxygen atoms in total. The highest BCUT2D eigenvalue weighted by atomic mass is 19.1. The van der Waals surface area contributed by atoms with Gasteiger partial charge in [0.25, 0.3) is 5.91 Å². The van der Waals surface area contributed by atoms with Crippen LogP contribution in [0, 0.1) is 11.7 Å². The van der Waals surface area contributed by atoms with Crippen LogP contribution in [-0.4, -0.2) is 55.1 Å². The molecule has 0 bridgehead atoms. The first-order chi connectivity index (χ1) is 14.1. The lowest BCUT2D eigenvalue weighted by Gasteiger charge is -2.32. The van der Waals surface area contributed by atoms with Crippen molar-refractivity contribution in [1.29, 1.82) is 0 Å². The Morgan fingerprint density at radius 3 is 2.79 bits per heavy atom. The maximum Gasteiger partial charge on any atom is 0.253 e. The lowest BCUT2D eigenvalue weighted by Crippen LogP contribution is -2.43. The van der Waals surface area contributed by atoms with Crippen LogP contribution in [0.5, 0.6) is 5.88 Å². The Morgan fingerprint density at radius 2 is 2.03 bits per heavy atom. The first kappa shape index (κ1) is 20.7. The molecule has 1 aliphatic rings. The van der Waals surface area contributed by atoms with Crippen molar-refractivity contribution >= 4 is 17.5 Å². The molecule has 1 aromatic heterocycles. The van der Waals surface area contributed by atoms with Crippen molar-refractivity contribution in [3.8, 4) is 5.88 Å². The number of carbonyl (C=O) groups is 2. The van der Waals surface area contributed by atoms with E-state index in [4.69, 9.17) is 9.47 Å². The number of rotatable bonds is 7. The van der Waals surface area contributed by atoms with Crippen LogP contribution in [0.15, 0.2) is 42.6 Å². The van der Waals surface area contributed by atoms with Gasteiger partial charge < -0.3 is 19.7 Å². The summed E-state index contributed by atoms with van der Waals surface area (Å²) in [7, 11) is 1.58. The van der Waals surface area contributed by atoms with E-state index in [2.05, 4.69) is 10.3 Å². The predicted molar refractivity (Wildman–Crippen MR) is 105 cm³/mol. The summed E-state index contributed by atoms with van der Waals surface area (Å²) in [5.74, 6) is -0.802. The number of methoxy groups -OCH3 is 1. The average molecular weight is 401 g/mol. The fourth-order valence-corrected chi connectivity index (χ4v) is 3.21. The molecular weight excluding hydrogens is 377 g/mol.